The third-order valence-electron chi connectivity index (χ3n) is 5.77. The SMILES string of the molecule is Cc1ccc(NC(=O)C2Cc3ccccc3CN2C(=O)OCc2ccccc2)cc1C. The van der Waals surface area contributed by atoms with Gasteiger partial charge in [0.1, 0.15) is 12.6 Å². The van der Waals surface area contributed by atoms with Gasteiger partial charge in [0, 0.05) is 12.1 Å². The number of benzene rings is 3. The third-order valence-corrected chi connectivity index (χ3v) is 5.77. The topological polar surface area (TPSA) is 58.6 Å². The van der Waals surface area contributed by atoms with E-state index in [0.717, 1.165) is 33.5 Å². The zero-order valence-corrected chi connectivity index (χ0v) is 17.8. The van der Waals surface area contributed by atoms with Crippen molar-refractivity contribution in [1.82, 2.24) is 4.90 Å². The molecule has 0 spiro atoms. The van der Waals surface area contributed by atoms with Crippen molar-refractivity contribution in [2.24, 2.45) is 0 Å². The van der Waals surface area contributed by atoms with Gasteiger partial charge in [-0.05, 0) is 53.8 Å². The summed E-state index contributed by atoms with van der Waals surface area (Å²) in [6.07, 6.45) is -0.0357. The van der Waals surface area contributed by atoms with Gasteiger partial charge >= 0.3 is 6.09 Å². The lowest BCUT2D eigenvalue weighted by molar-refractivity contribution is -0.121. The van der Waals surface area contributed by atoms with Gasteiger partial charge < -0.3 is 10.1 Å². The van der Waals surface area contributed by atoms with E-state index in [4.69, 9.17) is 4.74 Å². The van der Waals surface area contributed by atoms with Crippen LogP contribution in [0.2, 0.25) is 0 Å². The Morgan fingerprint density at radius 2 is 1.65 bits per heavy atom. The summed E-state index contributed by atoms with van der Waals surface area (Å²) in [6, 6.07) is 22.6. The minimum atomic E-state index is -0.639. The summed E-state index contributed by atoms with van der Waals surface area (Å²) >= 11 is 0. The molecule has 158 valence electrons. The molecule has 0 saturated carbocycles. The van der Waals surface area contributed by atoms with Gasteiger partial charge in [0.15, 0.2) is 0 Å². The molecular formula is C26H26N2O3. The maximum atomic E-state index is 13.2. The summed E-state index contributed by atoms with van der Waals surface area (Å²) in [6.45, 7) is 4.55. The molecule has 1 aliphatic rings. The lowest BCUT2D eigenvalue weighted by Gasteiger charge is -2.35. The maximum Gasteiger partial charge on any atom is 0.411 e. The Morgan fingerprint density at radius 1 is 0.935 bits per heavy atom. The van der Waals surface area contributed by atoms with Gasteiger partial charge in [-0.25, -0.2) is 4.79 Å². The normalized spacial score (nSPS) is 15.2. The number of carbonyl (C=O) groups excluding carboxylic acids is 2. The van der Waals surface area contributed by atoms with Gasteiger partial charge in [0.25, 0.3) is 0 Å². The number of hydrogen-bond acceptors (Lipinski definition) is 3. The van der Waals surface area contributed by atoms with Crippen LogP contribution in [0.15, 0.2) is 72.8 Å². The van der Waals surface area contributed by atoms with Gasteiger partial charge in [-0.2, -0.15) is 0 Å². The fourth-order valence-corrected chi connectivity index (χ4v) is 3.80. The van der Waals surface area contributed by atoms with Gasteiger partial charge in [-0.3, -0.25) is 9.69 Å². The average molecular weight is 415 g/mol. The van der Waals surface area contributed by atoms with Crippen molar-refractivity contribution >= 4 is 17.7 Å². The number of carbonyl (C=O) groups is 2. The number of aryl methyl sites for hydroxylation is 2. The zero-order chi connectivity index (χ0) is 21.8. The van der Waals surface area contributed by atoms with E-state index in [1.165, 1.54) is 4.90 Å². The number of fused-ring (bicyclic) bond motifs is 1. The van der Waals surface area contributed by atoms with E-state index in [1.54, 1.807) is 0 Å². The Kier molecular flexibility index (Phi) is 6.03. The minimum Gasteiger partial charge on any atom is -0.445 e. The Morgan fingerprint density at radius 3 is 2.39 bits per heavy atom. The van der Waals surface area contributed by atoms with Crippen LogP contribution in [0.4, 0.5) is 10.5 Å². The van der Waals surface area contributed by atoms with E-state index in [0.29, 0.717) is 13.0 Å². The van der Waals surface area contributed by atoms with Crippen molar-refractivity contribution in [3.8, 4) is 0 Å². The molecule has 1 unspecified atom stereocenters. The zero-order valence-electron chi connectivity index (χ0n) is 17.8. The Labute approximate surface area is 182 Å². The van der Waals surface area contributed by atoms with Crippen molar-refractivity contribution in [1.29, 1.82) is 0 Å². The summed E-state index contributed by atoms with van der Waals surface area (Å²) in [5.74, 6) is -0.214. The van der Waals surface area contributed by atoms with Crippen LogP contribution in [0.5, 0.6) is 0 Å². The van der Waals surface area contributed by atoms with Gasteiger partial charge in [-0.1, -0.05) is 60.7 Å². The van der Waals surface area contributed by atoms with Crippen LogP contribution in [0.1, 0.15) is 27.8 Å². The Hall–Kier alpha value is -3.60. The van der Waals surface area contributed by atoms with Crippen molar-refractivity contribution in [2.75, 3.05) is 5.32 Å². The van der Waals surface area contributed by atoms with Crippen molar-refractivity contribution in [2.45, 2.75) is 39.5 Å². The smallest absolute Gasteiger partial charge is 0.411 e. The van der Waals surface area contributed by atoms with E-state index < -0.39 is 12.1 Å². The van der Waals surface area contributed by atoms with Crippen LogP contribution in [0, 0.1) is 13.8 Å². The lowest BCUT2D eigenvalue weighted by Crippen LogP contribution is -2.50. The number of nitrogens with one attached hydrogen (secondary N) is 1. The molecule has 4 rings (SSSR count). The fourth-order valence-electron chi connectivity index (χ4n) is 3.80. The van der Waals surface area contributed by atoms with Gasteiger partial charge in [0.05, 0.1) is 6.54 Å². The molecule has 0 radical (unpaired) electrons. The van der Waals surface area contributed by atoms with E-state index in [1.807, 2.05) is 86.6 Å². The first-order valence-electron chi connectivity index (χ1n) is 10.4. The van der Waals surface area contributed by atoms with Crippen molar-refractivity contribution < 1.29 is 14.3 Å². The molecule has 0 bridgehead atoms. The molecule has 0 saturated heterocycles. The summed E-state index contributed by atoms with van der Waals surface area (Å²) in [7, 11) is 0. The second-order valence-corrected chi connectivity index (χ2v) is 7.95. The highest BCUT2D eigenvalue weighted by molar-refractivity contribution is 5.97. The first-order valence-corrected chi connectivity index (χ1v) is 10.4. The second-order valence-electron chi connectivity index (χ2n) is 7.95. The summed E-state index contributed by atoms with van der Waals surface area (Å²) in [4.78, 5) is 27.7. The number of anilines is 1. The first kappa shape index (κ1) is 20.7. The van der Waals surface area contributed by atoms with Crippen LogP contribution in [0.25, 0.3) is 0 Å². The molecule has 3 aromatic rings. The highest BCUT2D eigenvalue weighted by Crippen LogP contribution is 2.25. The summed E-state index contributed by atoms with van der Waals surface area (Å²) in [5.41, 5.74) is 6.01. The molecule has 31 heavy (non-hydrogen) atoms. The highest BCUT2D eigenvalue weighted by atomic mass is 16.6. The highest BCUT2D eigenvalue weighted by Gasteiger charge is 2.35. The molecule has 5 heteroatoms. The monoisotopic (exact) mass is 414 g/mol. The van der Waals surface area contributed by atoms with Crippen LogP contribution in [0.3, 0.4) is 0 Å². The largest absolute Gasteiger partial charge is 0.445 e. The van der Waals surface area contributed by atoms with E-state index in [2.05, 4.69) is 5.32 Å². The molecule has 0 aromatic heterocycles. The molecule has 1 aliphatic heterocycles. The van der Waals surface area contributed by atoms with E-state index in [9.17, 15) is 9.59 Å². The second kappa shape index (κ2) is 9.04. The molecule has 1 N–H and O–H groups in total. The predicted octanol–water partition coefficient (Wildman–Crippen LogP) is 5.01. The van der Waals surface area contributed by atoms with Gasteiger partial charge in [0.2, 0.25) is 5.91 Å². The van der Waals surface area contributed by atoms with Crippen molar-refractivity contribution in [3.63, 3.8) is 0 Å². The predicted molar refractivity (Wildman–Crippen MR) is 121 cm³/mol. The first-order chi connectivity index (χ1) is 15.0. The summed E-state index contributed by atoms with van der Waals surface area (Å²) < 4.78 is 5.56. The van der Waals surface area contributed by atoms with Crippen LogP contribution in [-0.4, -0.2) is 22.9 Å². The molecule has 2 amide bonds. The molecular weight excluding hydrogens is 388 g/mol. The Bertz CT molecular complexity index is 1090. The number of rotatable bonds is 4. The van der Waals surface area contributed by atoms with Crippen molar-refractivity contribution in [3.05, 3.63) is 101 Å². The Balaban J connectivity index is 1.54. The van der Waals surface area contributed by atoms with E-state index >= 15 is 0 Å². The number of hydrogen-bond donors (Lipinski definition) is 1. The van der Waals surface area contributed by atoms with Crippen LogP contribution >= 0.6 is 0 Å². The number of amides is 2. The van der Waals surface area contributed by atoms with Crippen LogP contribution in [-0.2, 0) is 29.1 Å². The fraction of sp³-hybridized carbons (Fsp3) is 0.231. The minimum absolute atomic E-state index is 0.170. The molecule has 0 aliphatic carbocycles. The van der Waals surface area contributed by atoms with Gasteiger partial charge in [-0.15, -0.1) is 0 Å². The average Bonchev–Trinajstić information content (AvgIpc) is 2.79. The molecule has 0 fully saturated rings. The molecule has 1 atom stereocenters. The van der Waals surface area contributed by atoms with E-state index in [-0.39, 0.29) is 12.5 Å². The van der Waals surface area contributed by atoms with Crippen LogP contribution < -0.4 is 5.32 Å². The number of ether oxygens (including phenoxy) is 1. The molecule has 5 nitrogen and oxygen atoms in total. The standard InChI is InChI=1S/C26H26N2O3/c1-18-12-13-23(14-19(18)2)27-25(29)24-15-21-10-6-7-11-22(21)16-28(24)26(30)31-17-20-8-4-3-5-9-20/h3-14,24H,15-17H2,1-2H3,(H,27,29). The third kappa shape index (κ3) is 4.77. The number of nitrogens with zero attached hydrogens (tertiary/aromatic N) is 1. The lowest BCUT2D eigenvalue weighted by atomic mass is 9.93. The summed E-state index contributed by atoms with van der Waals surface area (Å²) in [5, 5.41) is 2.98. The molecule has 1 heterocycles. The maximum absolute atomic E-state index is 13.2. The quantitative estimate of drug-likeness (QED) is 0.653. The molecule has 3 aromatic carbocycles.